The predicted octanol–water partition coefficient (Wildman–Crippen LogP) is 4.66. The van der Waals surface area contributed by atoms with Gasteiger partial charge in [0.15, 0.2) is 0 Å². The molecule has 0 heterocycles. The van der Waals surface area contributed by atoms with Gasteiger partial charge in [0, 0.05) is 17.8 Å². The molecule has 2 rings (SSSR count). The zero-order chi connectivity index (χ0) is 17.0. The first-order chi connectivity index (χ1) is 10.8. The van der Waals surface area contributed by atoms with Crippen LogP contribution in [-0.4, -0.2) is 11.0 Å². The number of nitrogens with one attached hydrogen (secondary N) is 1. The van der Waals surface area contributed by atoms with Gasteiger partial charge in [-0.15, -0.1) is 0 Å². The summed E-state index contributed by atoms with van der Waals surface area (Å²) in [5.41, 5.74) is -0.949. The van der Waals surface area contributed by atoms with Crippen LogP contribution in [-0.2, 0) is 12.6 Å². The zero-order valence-corrected chi connectivity index (χ0v) is 12.3. The highest BCUT2D eigenvalue weighted by molar-refractivity contribution is 5.55. The molecule has 0 aromatic heterocycles. The average molecular weight is 324 g/mol. The van der Waals surface area contributed by atoms with Crippen molar-refractivity contribution in [2.24, 2.45) is 0 Å². The van der Waals surface area contributed by atoms with Gasteiger partial charge in [-0.1, -0.05) is 30.3 Å². The molecule has 0 unspecified atom stereocenters. The van der Waals surface area contributed by atoms with Crippen LogP contribution in [0, 0.1) is 10.1 Å². The highest BCUT2D eigenvalue weighted by atomic mass is 19.4. The number of benzene rings is 2. The summed E-state index contributed by atoms with van der Waals surface area (Å²) in [5, 5.41) is 13.7. The molecule has 0 amide bonds. The minimum atomic E-state index is -4.78. The molecule has 0 aliphatic carbocycles. The van der Waals surface area contributed by atoms with E-state index in [0.29, 0.717) is 6.42 Å². The summed E-state index contributed by atoms with van der Waals surface area (Å²) in [7, 11) is 0. The van der Waals surface area contributed by atoms with Crippen LogP contribution in [0.25, 0.3) is 0 Å². The summed E-state index contributed by atoms with van der Waals surface area (Å²) in [6.07, 6.45) is -4.15. The second kappa shape index (κ2) is 6.68. The third kappa shape index (κ3) is 4.45. The SMILES string of the molecule is C[C@@H](Cc1ccccc1)Nc1ccc([N+](=O)[O-])c(C(F)(F)F)c1. The van der Waals surface area contributed by atoms with Crippen LogP contribution >= 0.6 is 0 Å². The van der Waals surface area contributed by atoms with Crippen molar-refractivity contribution in [3.63, 3.8) is 0 Å². The second-order valence-corrected chi connectivity index (χ2v) is 5.22. The minimum Gasteiger partial charge on any atom is -0.382 e. The van der Waals surface area contributed by atoms with E-state index in [4.69, 9.17) is 0 Å². The molecule has 1 atom stereocenters. The maximum Gasteiger partial charge on any atom is 0.423 e. The molecule has 0 saturated heterocycles. The number of nitro groups is 1. The summed E-state index contributed by atoms with van der Waals surface area (Å²) >= 11 is 0. The summed E-state index contributed by atoms with van der Waals surface area (Å²) in [5.74, 6) is 0. The molecular formula is C16H15F3N2O2. The topological polar surface area (TPSA) is 55.2 Å². The van der Waals surface area contributed by atoms with Gasteiger partial charge < -0.3 is 5.32 Å². The third-order valence-corrected chi connectivity index (χ3v) is 3.30. The van der Waals surface area contributed by atoms with Crippen molar-refractivity contribution in [1.29, 1.82) is 0 Å². The summed E-state index contributed by atoms with van der Waals surface area (Å²) in [6, 6.07) is 12.3. The van der Waals surface area contributed by atoms with Gasteiger partial charge in [0.05, 0.1) is 4.92 Å². The van der Waals surface area contributed by atoms with Crippen LogP contribution in [0.15, 0.2) is 48.5 Å². The van der Waals surface area contributed by atoms with Crippen LogP contribution < -0.4 is 5.32 Å². The van der Waals surface area contributed by atoms with Crippen molar-refractivity contribution < 1.29 is 18.1 Å². The van der Waals surface area contributed by atoms with Gasteiger partial charge >= 0.3 is 6.18 Å². The van der Waals surface area contributed by atoms with Crippen molar-refractivity contribution in [1.82, 2.24) is 0 Å². The Morgan fingerprint density at radius 1 is 1.17 bits per heavy atom. The Kier molecular flexibility index (Phi) is 4.88. The maximum absolute atomic E-state index is 12.9. The third-order valence-electron chi connectivity index (χ3n) is 3.30. The van der Waals surface area contributed by atoms with E-state index in [1.807, 2.05) is 37.3 Å². The van der Waals surface area contributed by atoms with E-state index in [9.17, 15) is 23.3 Å². The van der Waals surface area contributed by atoms with Crippen molar-refractivity contribution in [2.75, 3.05) is 5.32 Å². The lowest BCUT2D eigenvalue weighted by molar-refractivity contribution is -0.388. The van der Waals surface area contributed by atoms with Crippen LogP contribution in [0.3, 0.4) is 0 Å². The first-order valence-corrected chi connectivity index (χ1v) is 6.93. The molecule has 0 saturated carbocycles. The Bertz CT molecular complexity index is 687. The molecule has 2 aromatic rings. The monoisotopic (exact) mass is 324 g/mol. The quantitative estimate of drug-likeness (QED) is 0.643. The fourth-order valence-corrected chi connectivity index (χ4v) is 2.32. The number of hydrogen-bond donors (Lipinski definition) is 1. The van der Waals surface area contributed by atoms with E-state index in [2.05, 4.69) is 5.32 Å². The molecule has 0 bridgehead atoms. The largest absolute Gasteiger partial charge is 0.423 e. The number of alkyl halides is 3. The van der Waals surface area contributed by atoms with E-state index in [1.54, 1.807) is 0 Å². The molecule has 7 heteroatoms. The lowest BCUT2D eigenvalue weighted by atomic mass is 10.1. The molecule has 0 radical (unpaired) electrons. The van der Waals surface area contributed by atoms with Crippen LogP contribution in [0.5, 0.6) is 0 Å². The second-order valence-electron chi connectivity index (χ2n) is 5.22. The number of nitrogens with zero attached hydrogens (tertiary/aromatic N) is 1. The molecule has 0 fully saturated rings. The van der Waals surface area contributed by atoms with Gasteiger partial charge in [0.1, 0.15) is 5.56 Å². The Labute approximate surface area is 131 Å². The van der Waals surface area contributed by atoms with Crippen molar-refractivity contribution >= 4 is 11.4 Å². The highest BCUT2D eigenvalue weighted by Crippen LogP contribution is 2.37. The van der Waals surface area contributed by atoms with E-state index < -0.39 is 22.4 Å². The first kappa shape index (κ1) is 16.8. The standard InChI is InChI=1S/C16H15F3N2O2/c1-11(9-12-5-3-2-4-6-12)20-13-7-8-15(21(22)23)14(10-13)16(17,18)19/h2-8,10-11,20H,9H2,1H3/t11-/m0/s1. The van der Waals surface area contributed by atoms with Crippen LogP contribution in [0.1, 0.15) is 18.1 Å². The van der Waals surface area contributed by atoms with Gasteiger partial charge in [0.2, 0.25) is 0 Å². The van der Waals surface area contributed by atoms with E-state index in [-0.39, 0.29) is 11.7 Å². The normalized spacial score (nSPS) is 12.7. The average Bonchev–Trinajstić information content (AvgIpc) is 2.47. The van der Waals surface area contributed by atoms with E-state index in [1.165, 1.54) is 6.07 Å². The van der Waals surface area contributed by atoms with Gasteiger partial charge in [0.25, 0.3) is 5.69 Å². The Balaban J connectivity index is 2.19. The van der Waals surface area contributed by atoms with Gasteiger partial charge in [-0.25, -0.2) is 0 Å². The van der Waals surface area contributed by atoms with Crippen molar-refractivity contribution in [3.05, 3.63) is 69.8 Å². The summed E-state index contributed by atoms with van der Waals surface area (Å²) in [4.78, 5) is 9.70. The Morgan fingerprint density at radius 3 is 2.39 bits per heavy atom. The van der Waals surface area contributed by atoms with Crippen LogP contribution in [0.2, 0.25) is 0 Å². The summed E-state index contributed by atoms with van der Waals surface area (Å²) < 4.78 is 38.8. The number of anilines is 1. The first-order valence-electron chi connectivity index (χ1n) is 6.93. The molecule has 4 nitrogen and oxygen atoms in total. The number of rotatable bonds is 5. The Hall–Kier alpha value is -2.57. The highest BCUT2D eigenvalue weighted by Gasteiger charge is 2.38. The van der Waals surface area contributed by atoms with E-state index >= 15 is 0 Å². The fourth-order valence-electron chi connectivity index (χ4n) is 2.32. The summed E-state index contributed by atoms with van der Waals surface area (Å²) in [6.45, 7) is 1.83. The zero-order valence-electron chi connectivity index (χ0n) is 12.3. The van der Waals surface area contributed by atoms with Gasteiger partial charge in [-0.3, -0.25) is 10.1 Å². The number of halogens is 3. The van der Waals surface area contributed by atoms with Gasteiger partial charge in [-0.2, -0.15) is 13.2 Å². The Morgan fingerprint density at radius 2 is 1.83 bits per heavy atom. The molecule has 2 aromatic carbocycles. The molecule has 1 N–H and O–H groups in total. The van der Waals surface area contributed by atoms with Gasteiger partial charge in [-0.05, 0) is 31.0 Å². The maximum atomic E-state index is 12.9. The molecule has 0 spiro atoms. The fraction of sp³-hybridized carbons (Fsp3) is 0.250. The predicted molar refractivity (Wildman–Crippen MR) is 81.3 cm³/mol. The van der Waals surface area contributed by atoms with E-state index in [0.717, 1.165) is 17.7 Å². The minimum absolute atomic E-state index is 0.125. The van der Waals surface area contributed by atoms with Crippen LogP contribution in [0.4, 0.5) is 24.5 Å². The molecule has 0 aliphatic heterocycles. The molecule has 0 aliphatic rings. The van der Waals surface area contributed by atoms with Crippen molar-refractivity contribution in [2.45, 2.75) is 25.6 Å². The number of nitro benzene ring substituents is 1. The lowest BCUT2D eigenvalue weighted by Gasteiger charge is -2.17. The van der Waals surface area contributed by atoms with Crippen molar-refractivity contribution in [3.8, 4) is 0 Å². The number of hydrogen-bond acceptors (Lipinski definition) is 3. The molecule has 23 heavy (non-hydrogen) atoms. The smallest absolute Gasteiger partial charge is 0.382 e. The lowest BCUT2D eigenvalue weighted by Crippen LogP contribution is -2.19. The molecule has 122 valence electrons. The molecular weight excluding hydrogens is 309 g/mol.